The lowest BCUT2D eigenvalue weighted by Gasteiger charge is -2.39. The number of halogens is 4. The van der Waals surface area contributed by atoms with Gasteiger partial charge in [-0.25, -0.2) is 4.39 Å². The number of alkyl halides is 4. The predicted octanol–water partition coefficient (Wildman–Crippen LogP) is 6.75. The lowest BCUT2D eigenvalue weighted by molar-refractivity contribution is -0.140. The highest BCUT2D eigenvalue weighted by molar-refractivity contribution is 7.98. The number of thioether (sulfide) groups is 1. The Morgan fingerprint density at radius 1 is 1.05 bits per heavy atom. The number of ether oxygens (including phenoxy) is 2. The molecule has 0 atom stereocenters. The van der Waals surface area contributed by atoms with Gasteiger partial charge in [-0.15, -0.1) is 11.8 Å². The van der Waals surface area contributed by atoms with Crippen LogP contribution in [0.1, 0.15) is 31.4 Å². The van der Waals surface area contributed by atoms with Crippen molar-refractivity contribution in [2.75, 3.05) is 56.6 Å². The van der Waals surface area contributed by atoms with Gasteiger partial charge in [-0.1, -0.05) is 12.0 Å². The Balaban J connectivity index is 1.32. The standard InChI is InChI=1S/C31H36F4N4O2S/c1-42-25-11-12-28(30(19-25)41-21-32)36-13-3-4-24-18-26-27(5-2-6-29(26)39(24)20-31(33,34)35)37-22-7-9-23(10-8-22)38-14-16-40-17-15-38/h2,5-6,11-12,18-19,22-23,36-37H,7-10,13-17,20-21H2,1H3. The minimum absolute atomic E-state index is 0.145. The van der Waals surface area contributed by atoms with Gasteiger partial charge in [0.05, 0.1) is 36.7 Å². The summed E-state index contributed by atoms with van der Waals surface area (Å²) in [5, 5.41) is 7.43. The Bertz CT molecular complexity index is 1400. The fourth-order valence-electron chi connectivity index (χ4n) is 5.84. The number of anilines is 2. The molecule has 226 valence electrons. The van der Waals surface area contributed by atoms with Crippen molar-refractivity contribution in [3.63, 3.8) is 0 Å². The molecule has 42 heavy (non-hydrogen) atoms. The number of morpholine rings is 1. The van der Waals surface area contributed by atoms with Crippen LogP contribution in [-0.4, -0.2) is 73.7 Å². The molecule has 0 bridgehead atoms. The first-order chi connectivity index (χ1) is 20.3. The molecule has 0 spiro atoms. The number of hydrogen-bond acceptors (Lipinski definition) is 6. The average Bonchev–Trinajstić information content (AvgIpc) is 3.33. The molecular formula is C31H36F4N4O2S. The van der Waals surface area contributed by atoms with Crippen molar-refractivity contribution < 1.29 is 27.0 Å². The van der Waals surface area contributed by atoms with E-state index in [4.69, 9.17) is 9.47 Å². The van der Waals surface area contributed by atoms with Crippen LogP contribution in [0.2, 0.25) is 0 Å². The highest BCUT2D eigenvalue weighted by Gasteiger charge is 2.31. The molecule has 0 amide bonds. The highest BCUT2D eigenvalue weighted by Crippen LogP contribution is 2.33. The van der Waals surface area contributed by atoms with Crippen molar-refractivity contribution in [2.45, 2.75) is 55.4 Å². The maximum Gasteiger partial charge on any atom is 0.406 e. The van der Waals surface area contributed by atoms with Crippen molar-refractivity contribution in [2.24, 2.45) is 0 Å². The van der Waals surface area contributed by atoms with Gasteiger partial charge in [0.1, 0.15) is 12.3 Å². The quantitative estimate of drug-likeness (QED) is 0.160. The van der Waals surface area contributed by atoms with Crippen LogP contribution in [0, 0.1) is 11.8 Å². The molecule has 1 aliphatic heterocycles. The van der Waals surface area contributed by atoms with Crippen LogP contribution in [0.25, 0.3) is 10.9 Å². The molecule has 3 aromatic rings. The molecule has 2 aromatic carbocycles. The van der Waals surface area contributed by atoms with Gasteiger partial charge in [0.15, 0.2) is 0 Å². The van der Waals surface area contributed by atoms with Crippen molar-refractivity contribution in [3.05, 3.63) is 48.2 Å². The molecule has 0 unspecified atom stereocenters. The molecular weight excluding hydrogens is 568 g/mol. The van der Waals surface area contributed by atoms with Gasteiger partial charge in [-0.3, -0.25) is 4.90 Å². The molecule has 2 fully saturated rings. The van der Waals surface area contributed by atoms with Crippen LogP contribution < -0.4 is 15.4 Å². The summed E-state index contributed by atoms with van der Waals surface area (Å²) >= 11 is 1.50. The fourth-order valence-corrected chi connectivity index (χ4v) is 6.27. The number of hydrogen-bond donors (Lipinski definition) is 2. The Morgan fingerprint density at radius 3 is 2.55 bits per heavy atom. The fraction of sp³-hybridized carbons (Fsp3) is 0.484. The monoisotopic (exact) mass is 604 g/mol. The van der Waals surface area contributed by atoms with E-state index in [2.05, 4.69) is 27.4 Å². The van der Waals surface area contributed by atoms with Gasteiger partial charge in [-0.2, -0.15) is 13.2 Å². The molecule has 2 heterocycles. The van der Waals surface area contributed by atoms with E-state index in [1.807, 2.05) is 18.4 Å². The topological polar surface area (TPSA) is 50.7 Å². The zero-order valence-corrected chi connectivity index (χ0v) is 24.4. The molecule has 1 saturated carbocycles. The van der Waals surface area contributed by atoms with Crippen LogP contribution >= 0.6 is 11.8 Å². The third-order valence-electron chi connectivity index (χ3n) is 7.88. The van der Waals surface area contributed by atoms with Gasteiger partial charge in [0.25, 0.3) is 0 Å². The van der Waals surface area contributed by atoms with Crippen LogP contribution in [0.3, 0.4) is 0 Å². The van der Waals surface area contributed by atoms with Crippen molar-refractivity contribution >= 4 is 34.0 Å². The summed E-state index contributed by atoms with van der Waals surface area (Å²) in [5.74, 6) is 6.22. The maximum atomic E-state index is 13.6. The smallest absolute Gasteiger partial charge is 0.406 e. The summed E-state index contributed by atoms with van der Waals surface area (Å²) in [4.78, 5) is 3.44. The molecule has 2 aliphatic rings. The average molecular weight is 605 g/mol. The number of nitrogens with one attached hydrogen (secondary N) is 2. The van der Waals surface area contributed by atoms with E-state index in [9.17, 15) is 17.6 Å². The van der Waals surface area contributed by atoms with E-state index in [1.165, 1.54) is 16.3 Å². The van der Waals surface area contributed by atoms with Gasteiger partial charge in [-0.05, 0) is 74.3 Å². The summed E-state index contributed by atoms with van der Waals surface area (Å²) in [6.07, 6.45) is 1.69. The minimum Gasteiger partial charge on any atom is -0.461 e. The predicted molar refractivity (Wildman–Crippen MR) is 160 cm³/mol. The highest BCUT2D eigenvalue weighted by atomic mass is 32.2. The Kier molecular flexibility index (Phi) is 10.1. The van der Waals surface area contributed by atoms with E-state index in [-0.39, 0.29) is 18.3 Å². The van der Waals surface area contributed by atoms with E-state index < -0.39 is 19.6 Å². The van der Waals surface area contributed by atoms with Crippen molar-refractivity contribution in [3.8, 4) is 17.6 Å². The largest absolute Gasteiger partial charge is 0.461 e. The number of fused-ring (bicyclic) bond motifs is 1. The normalized spacial score (nSPS) is 19.7. The molecule has 1 saturated heterocycles. The summed E-state index contributed by atoms with van der Waals surface area (Å²) in [6.45, 7) is 1.57. The third-order valence-corrected chi connectivity index (χ3v) is 8.61. The summed E-state index contributed by atoms with van der Waals surface area (Å²) in [5.41, 5.74) is 2.16. The number of nitrogens with zero attached hydrogens (tertiary/aromatic N) is 2. The summed E-state index contributed by atoms with van der Waals surface area (Å²) < 4.78 is 65.5. The lowest BCUT2D eigenvalue weighted by atomic mass is 9.89. The first kappa shape index (κ1) is 30.4. The number of rotatable bonds is 9. The molecule has 5 rings (SSSR count). The van der Waals surface area contributed by atoms with Crippen molar-refractivity contribution in [1.82, 2.24) is 9.47 Å². The van der Waals surface area contributed by atoms with Crippen LogP contribution in [0.4, 0.5) is 28.9 Å². The van der Waals surface area contributed by atoms with Gasteiger partial charge >= 0.3 is 6.18 Å². The van der Waals surface area contributed by atoms with Crippen LogP contribution in [0.5, 0.6) is 5.75 Å². The Morgan fingerprint density at radius 2 is 1.83 bits per heavy atom. The molecule has 1 aliphatic carbocycles. The summed E-state index contributed by atoms with van der Waals surface area (Å²) in [7, 11) is 0. The molecule has 0 radical (unpaired) electrons. The molecule has 1 aromatic heterocycles. The first-order valence-corrected chi connectivity index (χ1v) is 15.4. The van der Waals surface area contributed by atoms with E-state index in [0.717, 1.165) is 68.0 Å². The van der Waals surface area contributed by atoms with Crippen LogP contribution in [-0.2, 0) is 11.3 Å². The second-order valence-electron chi connectivity index (χ2n) is 10.5. The molecule has 11 heteroatoms. The SMILES string of the molecule is CSc1ccc(NCC#Cc2cc3c(NC4CCC(N5CCOCC5)CC4)cccc3n2CC(F)(F)F)c(OCF)c1. The van der Waals surface area contributed by atoms with Gasteiger partial charge in [0.2, 0.25) is 6.86 Å². The maximum absolute atomic E-state index is 13.6. The molecule has 2 N–H and O–H groups in total. The second kappa shape index (κ2) is 13.9. The van der Waals surface area contributed by atoms with E-state index in [1.54, 1.807) is 30.3 Å². The number of aromatic nitrogens is 1. The summed E-state index contributed by atoms with van der Waals surface area (Å²) in [6, 6.07) is 13.4. The zero-order chi connectivity index (χ0) is 29.5. The van der Waals surface area contributed by atoms with E-state index in [0.29, 0.717) is 23.0 Å². The number of benzene rings is 2. The second-order valence-corrected chi connectivity index (χ2v) is 11.4. The third kappa shape index (κ3) is 7.65. The minimum atomic E-state index is -4.40. The van der Waals surface area contributed by atoms with Crippen LogP contribution in [0.15, 0.2) is 47.4 Å². The van der Waals surface area contributed by atoms with E-state index >= 15 is 0 Å². The Labute approximate surface area is 248 Å². The first-order valence-electron chi connectivity index (χ1n) is 14.2. The van der Waals surface area contributed by atoms with Crippen molar-refractivity contribution in [1.29, 1.82) is 0 Å². The zero-order valence-electron chi connectivity index (χ0n) is 23.6. The van der Waals surface area contributed by atoms with Gasteiger partial charge < -0.3 is 24.7 Å². The van der Waals surface area contributed by atoms with Gasteiger partial charge in [0, 0.05) is 41.1 Å². The lowest BCUT2D eigenvalue weighted by Crippen LogP contribution is -2.46. The Hall–Kier alpha value is -3.07. The molecule has 6 nitrogen and oxygen atoms in total.